The summed E-state index contributed by atoms with van der Waals surface area (Å²) in [5, 5.41) is 8.33. The summed E-state index contributed by atoms with van der Waals surface area (Å²) in [7, 11) is 0. The summed E-state index contributed by atoms with van der Waals surface area (Å²) in [4.78, 5) is 20.9. The summed E-state index contributed by atoms with van der Waals surface area (Å²) in [5.41, 5.74) is 0. The van der Waals surface area contributed by atoms with Crippen molar-refractivity contribution in [3.63, 3.8) is 0 Å². The standard InChI is InChI=1S/C10H14O4/c1-2-14-10(13)8-6-4-3-5-7-9(11)12/h1H,3-8H2,(H,11,12). The van der Waals surface area contributed by atoms with Crippen molar-refractivity contribution in [2.24, 2.45) is 0 Å². The van der Waals surface area contributed by atoms with E-state index in [4.69, 9.17) is 11.5 Å². The number of unbranched alkanes of at least 4 members (excludes halogenated alkanes) is 3. The summed E-state index contributed by atoms with van der Waals surface area (Å²) < 4.78 is 4.28. The third-order valence-electron chi connectivity index (χ3n) is 1.69. The van der Waals surface area contributed by atoms with Gasteiger partial charge in [-0.1, -0.05) is 19.3 Å². The Bertz CT molecular complexity index is 227. The van der Waals surface area contributed by atoms with Gasteiger partial charge in [0.2, 0.25) is 0 Å². The van der Waals surface area contributed by atoms with Crippen LogP contribution in [0.25, 0.3) is 0 Å². The van der Waals surface area contributed by atoms with Crippen LogP contribution in [0.2, 0.25) is 0 Å². The van der Waals surface area contributed by atoms with E-state index >= 15 is 0 Å². The molecule has 0 radical (unpaired) electrons. The predicted octanol–water partition coefficient (Wildman–Crippen LogP) is 1.55. The van der Waals surface area contributed by atoms with Crippen molar-refractivity contribution in [1.29, 1.82) is 0 Å². The van der Waals surface area contributed by atoms with Crippen LogP contribution < -0.4 is 0 Å². The second-order valence-electron chi connectivity index (χ2n) is 2.90. The number of hydrogen-bond donors (Lipinski definition) is 1. The Morgan fingerprint density at radius 1 is 1.14 bits per heavy atom. The van der Waals surface area contributed by atoms with E-state index in [1.807, 2.05) is 6.11 Å². The highest BCUT2D eigenvalue weighted by molar-refractivity contribution is 5.70. The third kappa shape index (κ3) is 8.60. The molecule has 78 valence electrons. The van der Waals surface area contributed by atoms with Gasteiger partial charge in [-0.25, -0.2) is 0 Å². The molecule has 4 heteroatoms. The Balaban J connectivity index is 3.18. The van der Waals surface area contributed by atoms with Crippen molar-refractivity contribution in [2.45, 2.75) is 38.5 Å². The van der Waals surface area contributed by atoms with Gasteiger partial charge in [-0.2, -0.15) is 0 Å². The Hall–Kier alpha value is -1.50. The molecule has 0 aliphatic rings. The molecule has 0 spiro atoms. The molecular weight excluding hydrogens is 184 g/mol. The lowest BCUT2D eigenvalue weighted by atomic mass is 10.1. The molecular formula is C10H14O4. The van der Waals surface area contributed by atoms with Crippen LogP contribution in [0.4, 0.5) is 0 Å². The molecule has 0 saturated heterocycles. The number of carboxylic acid groups (broad SMARTS) is 1. The number of ether oxygens (including phenoxy) is 1. The minimum absolute atomic E-state index is 0.189. The fraction of sp³-hybridized carbons (Fsp3) is 0.600. The highest BCUT2D eigenvalue weighted by Crippen LogP contribution is 2.05. The van der Waals surface area contributed by atoms with Crippen molar-refractivity contribution < 1.29 is 19.4 Å². The minimum Gasteiger partial charge on any atom is -0.481 e. The van der Waals surface area contributed by atoms with Crippen molar-refractivity contribution in [1.82, 2.24) is 0 Å². The molecule has 0 saturated carbocycles. The normalized spacial score (nSPS) is 9.07. The molecule has 1 N–H and O–H groups in total. The van der Waals surface area contributed by atoms with Crippen molar-refractivity contribution in [3.8, 4) is 12.5 Å². The van der Waals surface area contributed by atoms with Gasteiger partial charge in [0.05, 0.1) is 0 Å². The number of esters is 1. The number of carbonyl (C=O) groups is 2. The van der Waals surface area contributed by atoms with Crippen LogP contribution in [-0.4, -0.2) is 17.0 Å². The van der Waals surface area contributed by atoms with Gasteiger partial charge in [0.15, 0.2) is 0 Å². The van der Waals surface area contributed by atoms with Crippen LogP contribution in [-0.2, 0) is 14.3 Å². The smallest absolute Gasteiger partial charge is 0.319 e. The van der Waals surface area contributed by atoms with Gasteiger partial charge in [0.25, 0.3) is 0 Å². The molecule has 4 nitrogen and oxygen atoms in total. The predicted molar refractivity (Wildman–Crippen MR) is 50.3 cm³/mol. The van der Waals surface area contributed by atoms with Crippen LogP contribution in [0.15, 0.2) is 0 Å². The highest BCUT2D eigenvalue weighted by Gasteiger charge is 2.01. The molecule has 0 unspecified atom stereocenters. The van der Waals surface area contributed by atoms with Crippen molar-refractivity contribution >= 4 is 11.9 Å². The number of terminal acetylenes is 1. The number of hydrogen-bond acceptors (Lipinski definition) is 3. The van der Waals surface area contributed by atoms with E-state index < -0.39 is 11.9 Å². The Morgan fingerprint density at radius 3 is 2.21 bits per heavy atom. The van der Waals surface area contributed by atoms with Gasteiger partial charge >= 0.3 is 11.9 Å². The largest absolute Gasteiger partial charge is 0.481 e. The zero-order chi connectivity index (χ0) is 10.8. The third-order valence-corrected chi connectivity index (χ3v) is 1.69. The summed E-state index contributed by atoms with van der Waals surface area (Å²) in [6.45, 7) is 0. The average Bonchev–Trinajstić information content (AvgIpc) is 2.11. The van der Waals surface area contributed by atoms with Crippen LogP contribution >= 0.6 is 0 Å². The van der Waals surface area contributed by atoms with Gasteiger partial charge in [-0.05, 0) is 12.8 Å². The van der Waals surface area contributed by atoms with E-state index in [0.717, 1.165) is 12.8 Å². The lowest BCUT2D eigenvalue weighted by Gasteiger charge is -1.98. The molecule has 0 fully saturated rings. The highest BCUT2D eigenvalue weighted by atomic mass is 16.5. The van der Waals surface area contributed by atoms with E-state index in [2.05, 4.69) is 4.74 Å². The van der Waals surface area contributed by atoms with Crippen LogP contribution in [0.5, 0.6) is 0 Å². The molecule has 0 aromatic rings. The van der Waals surface area contributed by atoms with Gasteiger partial charge < -0.3 is 9.84 Å². The molecule has 0 aromatic heterocycles. The summed E-state index contributed by atoms with van der Waals surface area (Å²) in [6, 6.07) is 0. The SMILES string of the molecule is C#COC(=O)CCCCCCC(=O)O. The second kappa shape index (κ2) is 8.11. The first-order valence-electron chi connectivity index (χ1n) is 4.54. The van der Waals surface area contributed by atoms with Crippen molar-refractivity contribution in [3.05, 3.63) is 0 Å². The monoisotopic (exact) mass is 198 g/mol. The maximum absolute atomic E-state index is 10.7. The number of carbonyl (C=O) groups excluding carboxylic acids is 1. The number of carboxylic acids is 1. The molecule has 14 heavy (non-hydrogen) atoms. The Labute approximate surface area is 83.3 Å². The quantitative estimate of drug-likeness (QED) is 0.383. The molecule has 0 aliphatic heterocycles. The first-order chi connectivity index (χ1) is 6.66. The van der Waals surface area contributed by atoms with Gasteiger partial charge in [-0.15, -0.1) is 0 Å². The summed E-state index contributed by atoms with van der Waals surface area (Å²) in [6.07, 6.45) is 10.0. The molecule has 0 heterocycles. The summed E-state index contributed by atoms with van der Waals surface area (Å²) >= 11 is 0. The second-order valence-corrected chi connectivity index (χ2v) is 2.90. The fourth-order valence-electron chi connectivity index (χ4n) is 1.02. The zero-order valence-corrected chi connectivity index (χ0v) is 7.99. The van der Waals surface area contributed by atoms with Crippen LogP contribution in [0.3, 0.4) is 0 Å². The van der Waals surface area contributed by atoms with E-state index in [1.165, 1.54) is 0 Å². The molecule has 0 aliphatic carbocycles. The van der Waals surface area contributed by atoms with Gasteiger partial charge in [0.1, 0.15) is 6.11 Å². The first-order valence-corrected chi connectivity index (χ1v) is 4.54. The molecule has 0 rings (SSSR count). The van der Waals surface area contributed by atoms with E-state index in [0.29, 0.717) is 19.3 Å². The summed E-state index contributed by atoms with van der Waals surface area (Å²) in [5.74, 6) is -1.18. The lowest BCUT2D eigenvalue weighted by molar-refractivity contribution is -0.138. The van der Waals surface area contributed by atoms with Gasteiger partial charge in [-0.3, -0.25) is 9.59 Å². The molecule has 0 bridgehead atoms. The molecule has 0 aromatic carbocycles. The Kier molecular flexibility index (Phi) is 7.24. The van der Waals surface area contributed by atoms with E-state index in [-0.39, 0.29) is 6.42 Å². The number of rotatable bonds is 7. The molecule has 0 atom stereocenters. The zero-order valence-electron chi connectivity index (χ0n) is 7.99. The maximum atomic E-state index is 10.7. The first kappa shape index (κ1) is 12.5. The van der Waals surface area contributed by atoms with Crippen LogP contribution in [0, 0.1) is 12.5 Å². The number of aliphatic carboxylic acids is 1. The van der Waals surface area contributed by atoms with Gasteiger partial charge in [0, 0.05) is 12.8 Å². The minimum atomic E-state index is -0.781. The molecule has 0 amide bonds. The van der Waals surface area contributed by atoms with E-state index in [9.17, 15) is 9.59 Å². The maximum Gasteiger partial charge on any atom is 0.319 e. The van der Waals surface area contributed by atoms with E-state index in [1.54, 1.807) is 0 Å². The fourth-order valence-corrected chi connectivity index (χ4v) is 1.02. The lowest BCUT2D eigenvalue weighted by Crippen LogP contribution is -1.99. The van der Waals surface area contributed by atoms with Crippen molar-refractivity contribution in [2.75, 3.05) is 0 Å². The Morgan fingerprint density at radius 2 is 1.71 bits per heavy atom. The average molecular weight is 198 g/mol. The topological polar surface area (TPSA) is 63.6 Å². The van der Waals surface area contributed by atoms with Crippen LogP contribution in [0.1, 0.15) is 38.5 Å².